The topological polar surface area (TPSA) is 128 Å². The molecule has 0 bridgehead atoms. The Hall–Kier alpha value is -3.29. The number of nitrogens with zero attached hydrogens (tertiary/aromatic N) is 6. The van der Waals surface area contributed by atoms with Crippen molar-refractivity contribution in [3.63, 3.8) is 0 Å². The molecule has 0 spiro atoms. The van der Waals surface area contributed by atoms with Crippen molar-refractivity contribution in [2.24, 2.45) is 7.05 Å². The van der Waals surface area contributed by atoms with Gasteiger partial charge in [-0.15, -0.1) is 0 Å². The van der Waals surface area contributed by atoms with Gasteiger partial charge in [-0.05, 0) is 37.2 Å². The predicted molar refractivity (Wildman–Crippen MR) is 140 cm³/mol. The van der Waals surface area contributed by atoms with Gasteiger partial charge in [-0.1, -0.05) is 19.6 Å². The van der Waals surface area contributed by atoms with Crippen molar-refractivity contribution in [2.45, 2.75) is 37.5 Å². The molecule has 4 aromatic rings. The molecule has 36 heavy (non-hydrogen) atoms. The van der Waals surface area contributed by atoms with Crippen molar-refractivity contribution in [3.05, 3.63) is 42.5 Å². The molecule has 1 N–H and O–H groups in total. The Labute approximate surface area is 211 Å². The summed E-state index contributed by atoms with van der Waals surface area (Å²) in [5, 5.41) is 11.9. The Balaban J connectivity index is 1.77. The lowest BCUT2D eigenvalue weighted by molar-refractivity contribution is 0.156. The fraction of sp³-hybridized carbons (Fsp3) is 0.391. The molecule has 13 heteroatoms. The van der Waals surface area contributed by atoms with Crippen LogP contribution in [0.1, 0.15) is 5.82 Å². The summed E-state index contributed by atoms with van der Waals surface area (Å²) in [6.45, 7) is 8.75. The van der Waals surface area contributed by atoms with Crippen LogP contribution in [-0.4, -0.2) is 66.9 Å². The highest BCUT2D eigenvalue weighted by Crippen LogP contribution is 2.39. The van der Waals surface area contributed by atoms with Crippen LogP contribution in [-0.2, 0) is 21.8 Å². The van der Waals surface area contributed by atoms with Gasteiger partial charge in [0.25, 0.3) is 10.0 Å². The van der Waals surface area contributed by atoms with Crippen molar-refractivity contribution in [3.8, 4) is 17.3 Å². The maximum Gasteiger partial charge on any atom is 0.267 e. The van der Waals surface area contributed by atoms with Crippen LogP contribution in [0.15, 0.2) is 41.6 Å². The van der Waals surface area contributed by atoms with E-state index >= 15 is 0 Å². The normalized spacial score (nSPS) is 12.3. The van der Waals surface area contributed by atoms with Gasteiger partial charge in [-0.25, -0.2) is 17.7 Å². The number of fused-ring (bicyclic) bond motifs is 1. The predicted octanol–water partition coefficient (Wildman–Crippen LogP) is 3.58. The lowest BCUT2D eigenvalue weighted by atomic mass is 10.2. The summed E-state index contributed by atoms with van der Waals surface area (Å²) >= 11 is 0. The number of pyridine rings is 1. The van der Waals surface area contributed by atoms with E-state index in [0.29, 0.717) is 40.9 Å². The summed E-state index contributed by atoms with van der Waals surface area (Å²) in [5.41, 5.74) is 1.46. The standard InChI is InChI=1S/C23H31N7O4SSi/c1-16-26-23(28-27-16)19-9-8-18(14-24-19)35(31,32)30(15-34-11-12-36(4,5)6)22-20(33-3)10-7-17-13-25-29(2)21(17)22/h7-10,13-14H,11-12,15H2,1-6H3,(H,26,27,28). The van der Waals surface area contributed by atoms with E-state index in [-0.39, 0.29) is 11.6 Å². The van der Waals surface area contributed by atoms with E-state index in [1.165, 1.54) is 23.7 Å². The average molecular weight is 530 g/mol. The van der Waals surface area contributed by atoms with Gasteiger partial charge in [-0.2, -0.15) is 10.2 Å². The number of ether oxygens (including phenoxy) is 2. The molecule has 0 fully saturated rings. The molecule has 192 valence electrons. The maximum atomic E-state index is 14.0. The lowest BCUT2D eigenvalue weighted by Gasteiger charge is -2.27. The van der Waals surface area contributed by atoms with Crippen LogP contribution in [0, 0.1) is 6.92 Å². The lowest BCUT2D eigenvalue weighted by Crippen LogP contribution is -2.35. The van der Waals surface area contributed by atoms with Crippen LogP contribution in [0.25, 0.3) is 22.4 Å². The second-order valence-corrected chi connectivity index (χ2v) is 17.1. The highest BCUT2D eigenvalue weighted by molar-refractivity contribution is 7.92. The summed E-state index contributed by atoms with van der Waals surface area (Å²) in [4.78, 5) is 8.59. The van der Waals surface area contributed by atoms with Crippen molar-refractivity contribution < 1.29 is 17.9 Å². The van der Waals surface area contributed by atoms with Crippen molar-refractivity contribution in [1.82, 2.24) is 29.9 Å². The summed E-state index contributed by atoms with van der Waals surface area (Å²) in [6, 6.07) is 7.58. The van der Waals surface area contributed by atoms with Crippen LogP contribution in [0.4, 0.5) is 5.69 Å². The first kappa shape index (κ1) is 25.8. The van der Waals surface area contributed by atoms with Gasteiger partial charge in [0.05, 0.1) is 18.8 Å². The van der Waals surface area contributed by atoms with Gasteiger partial charge in [0.15, 0.2) is 5.82 Å². The fourth-order valence-corrected chi connectivity index (χ4v) is 5.74. The number of sulfonamides is 1. The molecule has 0 aliphatic rings. The largest absolute Gasteiger partial charge is 0.494 e. The van der Waals surface area contributed by atoms with Gasteiger partial charge >= 0.3 is 0 Å². The van der Waals surface area contributed by atoms with Crippen molar-refractivity contribution in [1.29, 1.82) is 0 Å². The summed E-state index contributed by atoms with van der Waals surface area (Å²) in [5.74, 6) is 1.43. The summed E-state index contributed by atoms with van der Waals surface area (Å²) in [7, 11) is -2.19. The Morgan fingerprint density at radius 3 is 2.53 bits per heavy atom. The van der Waals surface area contributed by atoms with Crippen molar-refractivity contribution >= 4 is 34.7 Å². The zero-order valence-corrected chi connectivity index (χ0v) is 23.1. The molecule has 0 unspecified atom stereocenters. The molecule has 0 aliphatic heterocycles. The SMILES string of the molecule is COc1ccc2cnn(C)c2c1N(COCC[Si](C)(C)C)S(=O)(=O)c1ccc(-c2nc(C)n[nH]2)nc1. The van der Waals surface area contributed by atoms with E-state index in [4.69, 9.17) is 9.47 Å². The molecular formula is C23H31N7O4SSi. The number of aromatic amines is 1. The third kappa shape index (κ3) is 5.27. The van der Waals surface area contributed by atoms with E-state index in [1.807, 2.05) is 6.07 Å². The number of rotatable bonds is 10. The van der Waals surface area contributed by atoms with Crippen molar-refractivity contribution in [2.75, 3.05) is 24.8 Å². The van der Waals surface area contributed by atoms with E-state index in [2.05, 4.69) is 44.9 Å². The number of H-pyrrole nitrogens is 1. The maximum absolute atomic E-state index is 14.0. The Kier molecular flexibility index (Phi) is 7.16. The van der Waals surface area contributed by atoms with E-state index in [0.717, 1.165) is 11.4 Å². The minimum absolute atomic E-state index is 0.0116. The third-order valence-electron chi connectivity index (χ3n) is 5.68. The monoisotopic (exact) mass is 529 g/mol. The number of hydrogen-bond acceptors (Lipinski definition) is 8. The van der Waals surface area contributed by atoms with Crippen LogP contribution in [0.3, 0.4) is 0 Å². The molecule has 0 saturated heterocycles. The first-order valence-electron chi connectivity index (χ1n) is 11.5. The fourth-order valence-electron chi connectivity index (χ4n) is 3.67. The summed E-state index contributed by atoms with van der Waals surface area (Å²) in [6.07, 6.45) is 3.00. The second-order valence-electron chi connectivity index (χ2n) is 9.63. The van der Waals surface area contributed by atoms with E-state index in [1.54, 1.807) is 37.0 Å². The minimum atomic E-state index is -4.09. The average Bonchev–Trinajstić information content (AvgIpc) is 3.43. The third-order valence-corrected chi connectivity index (χ3v) is 9.09. The quantitative estimate of drug-likeness (QED) is 0.188. The molecule has 0 aliphatic carbocycles. The molecule has 0 amide bonds. The first-order valence-corrected chi connectivity index (χ1v) is 16.6. The smallest absolute Gasteiger partial charge is 0.267 e. The number of aromatic nitrogens is 6. The number of methoxy groups -OCH3 is 1. The molecule has 1 aromatic carbocycles. The highest BCUT2D eigenvalue weighted by atomic mass is 32.2. The number of hydrogen-bond donors (Lipinski definition) is 1. The van der Waals surface area contributed by atoms with Gasteiger partial charge in [0.2, 0.25) is 0 Å². The zero-order valence-electron chi connectivity index (χ0n) is 21.3. The number of benzene rings is 1. The van der Waals surface area contributed by atoms with Crippen LogP contribution in [0.5, 0.6) is 5.75 Å². The molecule has 11 nitrogen and oxygen atoms in total. The second kappa shape index (κ2) is 9.99. The zero-order chi connectivity index (χ0) is 26.1. The van der Waals surface area contributed by atoms with E-state index < -0.39 is 18.1 Å². The van der Waals surface area contributed by atoms with Crippen LogP contribution in [0.2, 0.25) is 25.7 Å². The van der Waals surface area contributed by atoms with Crippen LogP contribution >= 0.6 is 0 Å². The van der Waals surface area contributed by atoms with Crippen LogP contribution < -0.4 is 9.04 Å². The van der Waals surface area contributed by atoms with E-state index in [9.17, 15) is 8.42 Å². The van der Waals surface area contributed by atoms with Gasteiger partial charge in [0.1, 0.15) is 34.6 Å². The number of nitrogens with one attached hydrogen (secondary N) is 1. The Bertz CT molecular complexity index is 1460. The molecule has 0 atom stereocenters. The molecule has 0 radical (unpaired) electrons. The van der Waals surface area contributed by atoms with Gasteiger partial charge in [-0.3, -0.25) is 14.8 Å². The number of aryl methyl sites for hydroxylation is 2. The van der Waals surface area contributed by atoms with Gasteiger partial charge < -0.3 is 9.47 Å². The summed E-state index contributed by atoms with van der Waals surface area (Å²) < 4.78 is 42.4. The molecular weight excluding hydrogens is 498 g/mol. The van der Waals surface area contributed by atoms with Gasteiger partial charge in [0, 0.05) is 33.3 Å². The molecule has 0 saturated carbocycles. The Morgan fingerprint density at radius 2 is 1.92 bits per heavy atom. The minimum Gasteiger partial charge on any atom is -0.494 e. The Morgan fingerprint density at radius 1 is 1.14 bits per heavy atom. The molecule has 3 aromatic heterocycles. The highest BCUT2D eigenvalue weighted by Gasteiger charge is 2.31. The molecule has 4 rings (SSSR count). The number of anilines is 1. The molecule has 3 heterocycles. The first-order chi connectivity index (χ1) is 17.0.